The van der Waals surface area contributed by atoms with Crippen LogP contribution in [0.4, 0.5) is 11.4 Å². The summed E-state index contributed by atoms with van der Waals surface area (Å²) in [6, 6.07) is 14.0. The van der Waals surface area contributed by atoms with Crippen LogP contribution in [-0.4, -0.2) is 49.3 Å². The minimum atomic E-state index is 0.0169. The van der Waals surface area contributed by atoms with Crippen molar-refractivity contribution in [1.29, 1.82) is 0 Å². The second kappa shape index (κ2) is 7.83. The van der Waals surface area contributed by atoms with Gasteiger partial charge in [0.05, 0.1) is 29.5 Å². The number of carbonyl (C=O) groups is 1. The molecule has 0 spiro atoms. The second-order valence-corrected chi connectivity index (χ2v) is 7.74. The quantitative estimate of drug-likeness (QED) is 0.761. The van der Waals surface area contributed by atoms with Gasteiger partial charge < -0.3 is 20.0 Å². The van der Waals surface area contributed by atoms with Crippen molar-refractivity contribution in [3.05, 3.63) is 64.7 Å². The van der Waals surface area contributed by atoms with E-state index >= 15 is 0 Å². The predicted molar refractivity (Wildman–Crippen MR) is 114 cm³/mol. The van der Waals surface area contributed by atoms with E-state index < -0.39 is 0 Å². The topological polar surface area (TPSA) is 64.0 Å². The molecular weight excluding hydrogens is 372 g/mol. The van der Waals surface area contributed by atoms with Crippen LogP contribution in [-0.2, 0) is 4.79 Å². The van der Waals surface area contributed by atoms with Crippen molar-refractivity contribution in [2.75, 3.05) is 43.2 Å². The lowest BCUT2D eigenvalue weighted by Crippen LogP contribution is -2.29. The van der Waals surface area contributed by atoms with Gasteiger partial charge in [0.25, 0.3) is 0 Å². The molecule has 5 nitrogen and oxygen atoms in total. The molecule has 2 aliphatic rings. The van der Waals surface area contributed by atoms with Crippen LogP contribution in [0.5, 0.6) is 0 Å². The van der Waals surface area contributed by atoms with Gasteiger partial charge >= 0.3 is 0 Å². The number of aliphatic hydroxyl groups excluding tert-OH is 2. The highest BCUT2D eigenvalue weighted by Crippen LogP contribution is 2.50. The van der Waals surface area contributed by atoms with Crippen molar-refractivity contribution in [1.82, 2.24) is 0 Å². The van der Waals surface area contributed by atoms with Crippen molar-refractivity contribution in [2.24, 2.45) is 0 Å². The van der Waals surface area contributed by atoms with Gasteiger partial charge in [0.2, 0.25) is 0 Å². The molecule has 1 aliphatic carbocycles. The molecule has 0 unspecified atom stereocenters. The highest BCUT2D eigenvalue weighted by atomic mass is 32.2. The Bertz CT molecular complexity index is 977. The molecule has 4 rings (SSSR count). The third-order valence-corrected chi connectivity index (χ3v) is 6.24. The number of thioether (sulfide) groups is 1. The molecule has 1 aliphatic heterocycles. The summed E-state index contributed by atoms with van der Waals surface area (Å²) in [5.74, 6) is 0.0169. The van der Waals surface area contributed by atoms with E-state index in [1.807, 2.05) is 54.4 Å². The predicted octanol–water partition coefficient (Wildman–Crippen LogP) is 2.98. The SMILES string of the molecule is CN1/C(=C2\C(=O)C=Cc3ccccc32)Sc2cc(N(CCO)CCO)ccc21. The van der Waals surface area contributed by atoms with Crippen molar-refractivity contribution in [3.8, 4) is 0 Å². The first kappa shape index (κ1) is 18.8. The van der Waals surface area contributed by atoms with E-state index in [0.717, 1.165) is 38.0 Å². The summed E-state index contributed by atoms with van der Waals surface area (Å²) >= 11 is 1.59. The van der Waals surface area contributed by atoms with Crippen LogP contribution >= 0.6 is 11.8 Å². The summed E-state index contributed by atoms with van der Waals surface area (Å²) in [5.41, 5.74) is 4.73. The van der Waals surface area contributed by atoms with Crippen LogP contribution in [0.2, 0.25) is 0 Å². The minimum Gasteiger partial charge on any atom is -0.395 e. The molecule has 2 aromatic carbocycles. The van der Waals surface area contributed by atoms with Gasteiger partial charge in [-0.25, -0.2) is 0 Å². The molecule has 0 radical (unpaired) electrons. The number of hydrogen-bond acceptors (Lipinski definition) is 6. The summed E-state index contributed by atoms with van der Waals surface area (Å²) in [6.07, 6.45) is 3.51. The van der Waals surface area contributed by atoms with E-state index in [4.69, 9.17) is 0 Å². The van der Waals surface area contributed by atoms with Gasteiger partial charge in [0, 0.05) is 30.7 Å². The largest absolute Gasteiger partial charge is 0.395 e. The summed E-state index contributed by atoms with van der Waals surface area (Å²) in [5, 5.41) is 19.5. The average molecular weight is 394 g/mol. The van der Waals surface area contributed by atoms with E-state index in [2.05, 4.69) is 11.0 Å². The molecule has 0 aromatic heterocycles. The fraction of sp³-hybridized carbons (Fsp3) is 0.227. The van der Waals surface area contributed by atoms with E-state index in [0.29, 0.717) is 13.1 Å². The Morgan fingerprint density at radius 2 is 1.79 bits per heavy atom. The number of allylic oxidation sites excluding steroid dienone is 2. The summed E-state index contributed by atoms with van der Waals surface area (Å²) < 4.78 is 0. The lowest BCUT2D eigenvalue weighted by molar-refractivity contribution is -0.109. The highest BCUT2D eigenvalue weighted by Gasteiger charge is 2.30. The Labute approximate surface area is 168 Å². The van der Waals surface area contributed by atoms with Crippen LogP contribution in [0.15, 0.2) is 58.5 Å². The zero-order chi connectivity index (χ0) is 19.7. The third kappa shape index (κ3) is 3.24. The summed E-state index contributed by atoms with van der Waals surface area (Å²) in [6.45, 7) is 0.975. The van der Waals surface area contributed by atoms with Gasteiger partial charge in [0.15, 0.2) is 5.78 Å². The fourth-order valence-corrected chi connectivity index (χ4v) is 4.89. The first-order chi connectivity index (χ1) is 13.6. The van der Waals surface area contributed by atoms with Gasteiger partial charge in [-0.2, -0.15) is 0 Å². The van der Waals surface area contributed by atoms with Crippen LogP contribution in [0.1, 0.15) is 11.1 Å². The molecule has 0 fully saturated rings. The van der Waals surface area contributed by atoms with Crippen molar-refractivity contribution < 1.29 is 15.0 Å². The van der Waals surface area contributed by atoms with E-state index in [-0.39, 0.29) is 19.0 Å². The molecule has 0 amide bonds. The number of benzene rings is 2. The highest BCUT2D eigenvalue weighted by molar-refractivity contribution is 8.04. The molecule has 6 heteroatoms. The number of ketones is 1. The third-order valence-electron chi connectivity index (χ3n) is 5.03. The van der Waals surface area contributed by atoms with Crippen LogP contribution in [0.25, 0.3) is 11.6 Å². The van der Waals surface area contributed by atoms with Crippen LogP contribution in [0, 0.1) is 0 Å². The number of fused-ring (bicyclic) bond motifs is 2. The average Bonchev–Trinajstić information content (AvgIpc) is 3.03. The summed E-state index contributed by atoms with van der Waals surface area (Å²) in [7, 11) is 1.98. The van der Waals surface area contributed by atoms with Gasteiger partial charge in [0.1, 0.15) is 0 Å². The lowest BCUT2D eigenvalue weighted by Gasteiger charge is -2.23. The number of hydrogen-bond donors (Lipinski definition) is 2. The normalized spacial score (nSPS) is 17.7. The molecule has 0 saturated carbocycles. The van der Waals surface area contributed by atoms with Gasteiger partial charge in [-0.3, -0.25) is 4.79 Å². The molecule has 2 N–H and O–H groups in total. The Morgan fingerprint density at radius 3 is 2.54 bits per heavy atom. The van der Waals surface area contributed by atoms with Crippen LogP contribution < -0.4 is 9.80 Å². The van der Waals surface area contributed by atoms with E-state index in [9.17, 15) is 15.0 Å². The first-order valence-corrected chi connectivity index (χ1v) is 10.0. The van der Waals surface area contributed by atoms with Crippen molar-refractivity contribution in [3.63, 3.8) is 0 Å². The number of rotatable bonds is 5. The van der Waals surface area contributed by atoms with Crippen LogP contribution in [0.3, 0.4) is 0 Å². The van der Waals surface area contributed by atoms with E-state index in [1.165, 1.54) is 0 Å². The smallest absolute Gasteiger partial charge is 0.189 e. The van der Waals surface area contributed by atoms with Crippen molar-refractivity contribution >= 4 is 40.6 Å². The molecule has 144 valence electrons. The first-order valence-electron chi connectivity index (χ1n) is 9.22. The number of aliphatic hydroxyl groups is 2. The van der Waals surface area contributed by atoms with Gasteiger partial charge in [-0.15, -0.1) is 0 Å². The molecule has 0 bridgehead atoms. The zero-order valence-corrected chi connectivity index (χ0v) is 16.4. The Hall–Kier alpha value is -2.54. The zero-order valence-electron chi connectivity index (χ0n) is 15.6. The molecular formula is C22H22N2O3S. The standard InChI is InChI=1S/C22H22N2O3S/c1-23-18-8-7-16(24(10-12-25)11-13-26)14-20(18)28-22(23)21-17-5-3-2-4-15(17)6-9-19(21)27/h2-9,14,25-26H,10-13H2,1H3/b22-21+. The lowest BCUT2D eigenvalue weighted by atomic mass is 9.92. The van der Waals surface area contributed by atoms with Gasteiger partial charge in [-0.1, -0.05) is 42.1 Å². The maximum atomic E-state index is 12.7. The molecule has 1 heterocycles. The van der Waals surface area contributed by atoms with Gasteiger partial charge in [-0.05, 0) is 35.4 Å². The number of carbonyl (C=O) groups excluding carboxylic acids is 1. The molecule has 28 heavy (non-hydrogen) atoms. The van der Waals surface area contributed by atoms with Crippen molar-refractivity contribution in [2.45, 2.75) is 4.90 Å². The summed E-state index contributed by atoms with van der Waals surface area (Å²) in [4.78, 5) is 17.8. The maximum Gasteiger partial charge on any atom is 0.189 e. The second-order valence-electron chi connectivity index (χ2n) is 6.71. The molecule has 0 saturated heterocycles. The maximum absolute atomic E-state index is 12.7. The minimum absolute atomic E-state index is 0.0169. The molecule has 0 atom stereocenters. The molecule has 2 aromatic rings. The Balaban J connectivity index is 1.75. The Morgan fingerprint density at radius 1 is 1.04 bits per heavy atom. The Kier molecular flexibility index (Phi) is 5.26. The number of nitrogens with zero attached hydrogens (tertiary/aromatic N) is 2. The van der Waals surface area contributed by atoms with E-state index in [1.54, 1.807) is 17.8 Å². The number of anilines is 2. The monoisotopic (exact) mass is 394 g/mol. The fourth-order valence-electron chi connectivity index (χ4n) is 3.64.